The number of ether oxygens (including phenoxy) is 1. The Labute approximate surface area is 179 Å². The summed E-state index contributed by atoms with van der Waals surface area (Å²) in [6, 6.07) is 19.1. The summed E-state index contributed by atoms with van der Waals surface area (Å²) in [5.74, 6) is -0.339. The third kappa shape index (κ3) is 3.36. The maximum absolute atomic E-state index is 13.6. The number of rotatable bonds is 3. The molecule has 1 aromatic heterocycles. The molecule has 1 atom stereocenters. The van der Waals surface area contributed by atoms with Crippen LogP contribution in [0.2, 0.25) is 5.02 Å². The minimum absolute atomic E-state index is 0.00926. The van der Waals surface area contributed by atoms with Gasteiger partial charge >= 0.3 is 0 Å². The monoisotopic (exact) mass is 417 g/mol. The number of aromatic nitrogens is 1. The first-order chi connectivity index (χ1) is 14.4. The fourth-order valence-corrected chi connectivity index (χ4v) is 4.02. The Hall–Kier alpha value is -3.49. The van der Waals surface area contributed by atoms with Crippen LogP contribution in [-0.2, 0) is 6.54 Å². The van der Waals surface area contributed by atoms with Gasteiger partial charge in [-0.05, 0) is 31.0 Å². The zero-order valence-electron chi connectivity index (χ0n) is 16.6. The van der Waals surface area contributed by atoms with Gasteiger partial charge in [0.1, 0.15) is 17.4 Å². The molecule has 4 rings (SSSR count). The van der Waals surface area contributed by atoms with Crippen LogP contribution in [0.4, 0.5) is 0 Å². The minimum atomic E-state index is -0.690. The fraction of sp³-hybridized carbons (Fsp3) is 0.167. The third-order valence-corrected chi connectivity index (χ3v) is 5.71. The van der Waals surface area contributed by atoms with E-state index in [4.69, 9.17) is 22.1 Å². The predicted octanol–water partition coefficient (Wildman–Crippen LogP) is 4.39. The Balaban J connectivity index is 1.93. The second-order valence-electron chi connectivity index (χ2n) is 7.39. The molecule has 2 N–H and O–H groups in total. The molecule has 0 fully saturated rings. The lowest BCUT2D eigenvalue weighted by Crippen LogP contribution is -2.33. The Bertz CT molecular complexity index is 1270. The van der Waals surface area contributed by atoms with E-state index in [0.29, 0.717) is 28.4 Å². The smallest absolute Gasteiger partial charge is 0.259 e. The summed E-state index contributed by atoms with van der Waals surface area (Å²) >= 11 is 6.44. The number of hydrogen-bond acceptors (Lipinski definition) is 4. The third-order valence-electron chi connectivity index (χ3n) is 5.37. The second-order valence-corrected chi connectivity index (χ2v) is 7.79. The van der Waals surface area contributed by atoms with Crippen molar-refractivity contribution in [3.05, 3.63) is 109 Å². The van der Waals surface area contributed by atoms with Gasteiger partial charge in [-0.15, -0.1) is 0 Å². The number of hydrogen-bond donors (Lipinski definition) is 1. The van der Waals surface area contributed by atoms with Crippen molar-refractivity contribution in [1.29, 1.82) is 5.26 Å². The van der Waals surface area contributed by atoms with Gasteiger partial charge in [-0.2, -0.15) is 5.26 Å². The lowest BCUT2D eigenvalue weighted by atomic mass is 9.84. The molecule has 1 aliphatic rings. The summed E-state index contributed by atoms with van der Waals surface area (Å²) in [6.45, 7) is 4.28. The highest BCUT2D eigenvalue weighted by Gasteiger charge is 2.35. The van der Waals surface area contributed by atoms with Crippen LogP contribution in [0.5, 0.6) is 5.75 Å². The maximum Gasteiger partial charge on any atom is 0.259 e. The highest BCUT2D eigenvalue weighted by molar-refractivity contribution is 6.31. The predicted molar refractivity (Wildman–Crippen MR) is 116 cm³/mol. The molecule has 30 heavy (non-hydrogen) atoms. The Morgan fingerprint density at radius 3 is 2.53 bits per heavy atom. The van der Waals surface area contributed by atoms with E-state index in [2.05, 4.69) is 6.07 Å². The molecule has 1 aliphatic heterocycles. The molecule has 3 aromatic rings. The van der Waals surface area contributed by atoms with Gasteiger partial charge in [0.25, 0.3) is 5.56 Å². The van der Waals surface area contributed by atoms with Crippen molar-refractivity contribution in [1.82, 2.24) is 4.57 Å². The standard InChI is InChI=1S/C24H20ClN3O2/c1-14-7-9-16(10-8-14)13-28-15(2)11-20-22(24(28)29)21(18(12-26)23(27)30-20)17-5-3-4-6-19(17)25/h3-11,21H,13,27H2,1-2H3/t21-/m1/s1. The van der Waals surface area contributed by atoms with Crippen molar-refractivity contribution in [3.63, 3.8) is 0 Å². The molecule has 2 heterocycles. The number of aryl methyl sites for hydroxylation is 2. The molecular formula is C24H20ClN3O2. The van der Waals surface area contributed by atoms with Crippen molar-refractivity contribution in [2.24, 2.45) is 5.73 Å². The van der Waals surface area contributed by atoms with Gasteiger partial charge in [0, 0.05) is 16.8 Å². The Morgan fingerprint density at radius 2 is 1.87 bits per heavy atom. The van der Waals surface area contributed by atoms with Crippen LogP contribution in [0, 0.1) is 25.2 Å². The summed E-state index contributed by atoms with van der Waals surface area (Å²) in [6.07, 6.45) is 0. The SMILES string of the molecule is Cc1ccc(Cn2c(C)cc3c(c2=O)[C@H](c2ccccc2Cl)C(C#N)=C(N)O3)cc1. The highest BCUT2D eigenvalue weighted by atomic mass is 35.5. The topological polar surface area (TPSA) is 81.0 Å². The molecule has 0 bridgehead atoms. The number of benzene rings is 2. The summed E-state index contributed by atoms with van der Waals surface area (Å²) in [4.78, 5) is 13.6. The van der Waals surface area contributed by atoms with E-state index in [1.165, 1.54) is 0 Å². The number of pyridine rings is 1. The minimum Gasteiger partial charge on any atom is -0.440 e. The Kier molecular flexibility index (Phi) is 5.11. The fourth-order valence-electron chi connectivity index (χ4n) is 3.78. The van der Waals surface area contributed by atoms with Crippen LogP contribution in [0.1, 0.15) is 33.9 Å². The number of nitrogens with two attached hydrogens (primary N) is 1. The lowest BCUT2D eigenvalue weighted by molar-refractivity contribution is 0.389. The molecule has 5 nitrogen and oxygen atoms in total. The normalized spacial score (nSPS) is 15.3. The van der Waals surface area contributed by atoms with E-state index < -0.39 is 5.92 Å². The zero-order valence-corrected chi connectivity index (χ0v) is 17.4. The average molecular weight is 418 g/mol. The van der Waals surface area contributed by atoms with Crippen molar-refractivity contribution in [2.45, 2.75) is 26.3 Å². The first kappa shape index (κ1) is 19.8. The molecule has 0 saturated carbocycles. The summed E-state index contributed by atoms with van der Waals surface area (Å²) < 4.78 is 7.38. The van der Waals surface area contributed by atoms with Gasteiger partial charge in [-0.25, -0.2) is 0 Å². The van der Waals surface area contributed by atoms with Crippen LogP contribution < -0.4 is 16.0 Å². The molecule has 6 heteroatoms. The van der Waals surface area contributed by atoms with Gasteiger partial charge in [0.15, 0.2) is 0 Å². The van der Waals surface area contributed by atoms with Gasteiger partial charge in [0.05, 0.1) is 18.0 Å². The van der Waals surface area contributed by atoms with Crippen LogP contribution in [0.25, 0.3) is 0 Å². The molecule has 0 amide bonds. The number of fused-ring (bicyclic) bond motifs is 1. The van der Waals surface area contributed by atoms with E-state index in [0.717, 1.165) is 16.8 Å². The van der Waals surface area contributed by atoms with Crippen molar-refractivity contribution < 1.29 is 4.74 Å². The number of nitrogens with zero attached hydrogens (tertiary/aromatic N) is 2. The Morgan fingerprint density at radius 1 is 1.17 bits per heavy atom. The molecule has 0 aliphatic carbocycles. The summed E-state index contributed by atoms with van der Waals surface area (Å²) in [5.41, 5.74) is 9.91. The second kappa shape index (κ2) is 7.74. The van der Waals surface area contributed by atoms with Crippen LogP contribution in [0.3, 0.4) is 0 Å². The van der Waals surface area contributed by atoms with E-state index in [1.807, 2.05) is 44.2 Å². The molecule has 150 valence electrons. The summed E-state index contributed by atoms with van der Waals surface area (Å²) in [7, 11) is 0. The molecule has 2 aromatic carbocycles. The van der Waals surface area contributed by atoms with Crippen LogP contribution in [-0.4, -0.2) is 4.57 Å². The maximum atomic E-state index is 13.6. The van der Waals surface area contributed by atoms with Crippen LogP contribution in [0.15, 0.2) is 70.8 Å². The van der Waals surface area contributed by atoms with Crippen molar-refractivity contribution in [2.75, 3.05) is 0 Å². The van der Waals surface area contributed by atoms with Crippen molar-refractivity contribution >= 4 is 11.6 Å². The number of halogens is 1. The number of allylic oxidation sites excluding steroid dienone is 1. The van der Waals surface area contributed by atoms with Gasteiger partial charge < -0.3 is 15.0 Å². The van der Waals surface area contributed by atoms with E-state index in [1.54, 1.807) is 28.8 Å². The quantitative estimate of drug-likeness (QED) is 0.685. The number of nitriles is 1. The largest absolute Gasteiger partial charge is 0.440 e. The zero-order chi connectivity index (χ0) is 21.4. The van der Waals surface area contributed by atoms with Crippen LogP contribution >= 0.6 is 11.6 Å². The lowest BCUT2D eigenvalue weighted by Gasteiger charge is -2.28. The first-order valence-electron chi connectivity index (χ1n) is 9.52. The van der Waals surface area contributed by atoms with Gasteiger partial charge in [0.2, 0.25) is 5.88 Å². The first-order valence-corrected chi connectivity index (χ1v) is 9.90. The van der Waals surface area contributed by atoms with Gasteiger partial charge in [-0.3, -0.25) is 4.79 Å². The van der Waals surface area contributed by atoms with E-state index >= 15 is 0 Å². The molecule has 0 spiro atoms. The summed E-state index contributed by atoms with van der Waals surface area (Å²) in [5, 5.41) is 10.2. The van der Waals surface area contributed by atoms with E-state index in [9.17, 15) is 10.1 Å². The van der Waals surface area contributed by atoms with E-state index in [-0.39, 0.29) is 17.0 Å². The molecule has 0 radical (unpaired) electrons. The molecular weight excluding hydrogens is 398 g/mol. The molecule has 0 unspecified atom stereocenters. The molecule has 0 saturated heterocycles. The van der Waals surface area contributed by atoms with Gasteiger partial charge in [-0.1, -0.05) is 59.6 Å². The average Bonchev–Trinajstić information content (AvgIpc) is 2.72. The highest BCUT2D eigenvalue weighted by Crippen LogP contribution is 2.42. The van der Waals surface area contributed by atoms with Crippen molar-refractivity contribution in [3.8, 4) is 11.8 Å².